The third-order valence-electron chi connectivity index (χ3n) is 2.52. The van der Waals surface area contributed by atoms with E-state index in [4.69, 9.17) is 5.73 Å². The summed E-state index contributed by atoms with van der Waals surface area (Å²) in [4.78, 5) is 26.4. The summed E-state index contributed by atoms with van der Waals surface area (Å²) in [6.45, 7) is 6.00. The number of aryl methyl sites for hydroxylation is 1. The summed E-state index contributed by atoms with van der Waals surface area (Å²) in [7, 11) is 0. The van der Waals surface area contributed by atoms with Gasteiger partial charge in [0, 0.05) is 23.5 Å². The van der Waals surface area contributed by atoms with Crippen LogP contribution in [0, 0.1) is 6.92 Å². The Kier molecular flexibility index (Phi) is 4.07. The van der Waals surface area contributed by atoms with Crippen molar-refractivity contribution in [1.82, 2.24) is 10.3 Å². The summed E-state index contributed by atoms with van der Waals surface area (Å²) >= 11 is 0. The largest absolute Gasteiger partial charge is 0.364 e. The van der Waals surface area contributed by atoms with Crippen molar-refractivity contribution in [2.45, 2.75) is 32.7 Å². The highest BCUT2D eigenvalue weighted by molar-refractivity contribution is 5.94. The Labute approximate surface area is 100 Å². The van der Waals surface area contributed by atoms with Crippen LogP contribution in [0.3, 0.4) is 0 Å². The molecule has 1 rings (SSSR count). The minimum absolute atomic E-state index is 0.126. The zero-order valence-electron chi connectivity index (χ0n) is 10.5. The average molecular weight is 237 g/mol. The smallest absolute Gasteiger partial charge is 0.257 e. The predicted molar refractivity (Wildman–Crippen MR) is 67.0 cm³/mol. The Hall–Kier alpha value is -1.62. The highest BCUT2D eigenvalue weighted by atomic mass is 16.2. The van der Waals surface area contributed by atoms with Crippen LogP contribution in [0.5, 0.6) is 0 Å². The zero-order chi connectivity index (χ0) is 13.1. The number of carbonyl (C=O) groups excluding carboxylic acids is 1. The molecule has 0 radical (unpaired) electrons. The van der Waals surface area contributed by atoms with Crippen LogP contribution in [-0.4, -0.2) is 23.0 Å². The van der Waals surface area contributed by atoms with E-state index in [1.54, 1.807) is 6.92 Å². The molecule has 0 aliphatic rings. The van der Waals surface area contributed by atoms with Crippen molar-refractivity contribution < 1.29 is 4.79 Å². The molecule has 1 heterocycles. The first-order valence-corrected chi connectivity index (χ1v) is 5.57. The number of rotatable bonds is 4. The molecular weight excluding hydrogens is 218 g/mol. The average Bonchev–Trinajstić information content (AvgIpc) is 2.15. The maximum Gasteiger partial charge on any atom is 0.257 e. The standard InChI is InChI=1S/C12H19N3O2/c1-8-6-10(16)9(7-14-8)11(17)15-12(2,3)4-5-13/h6-7H,4-5,13H2,1-3H3,(H,14,16)(H,15,17). The van der Waals surface area contributed by atoms with E-state index in [1.807, 2.05) is 13.8 Å². The van der Waals surface area contributed by atoms with Gasteiger partial charge in [0.1, 0.15) is 5.56 Å². The number of pyridine rings is 1. The summed E-state index contributed by atoms with van der Waals surface area (Å²) in [6.07, 6.45) is 2.09. The molecular formula is C12H19N3O2. The lowest BCUT2D eigenvalue weighted by Crippen LogP contribution is -2.46. The molecule has 1 aromatic heterocycles. The Morgan fingerprint density at radius 3 is 2.71 bits per heavy atom. The molecule has 0 bridgehead atoms. The second kappa shape index (κ2) is 5.14. The van der Waals surface area contributed by atoms with Gasteiger partial charge in [-0.1, -0.05) is 0 Å². The molecule has 0 aliphatic heterocycles. The van der Waals surface area contributed by atoms with Crippen LogP contribution in [0.2, 0.25) is 0 Å². The highest BCUT2D eigenvalue weighted by Crippen LogP contribution is 2.07. The first-order chi connectivity index (χ1) is 7.85. The molecule has 0 spiro atoms. The molecule has 1 amide bonds. The third kappa shape index (κ3) is 3.71. The minimum Gasteiger partial charge on any atom is -0.364 e. The Morgan fingerprint density at radius 2 is 2.18 bits per heavy atom. The van der Waals surface area contributed by atoms with Gasteiger partial charge in [-0.05, 0) is 33.7 Å². The Balaban J connectivity index is 2.87. The maximum atomic E-state index is 11.9. The lowest BCUT2D eigenvalue weighted by atomic mass is 10.0. The van der Waals surface area contributed by atoms with E-state index in [-0.39, 0.29) is 16.9 Å². The van der Waals surface area contributed by atoms with Gasteiger partial charge < -0.3 is 16.0 Å². The molecule has 17 heavy (non-hydrogen) atoms. The van der Waals surface area contributed by atoms with Gasteiger partial charge in [-0.2, -0.15) is 0 Å². The van der Waals surface area contributed by atoms with Gasteiger partial charge in [-0.15, -0.1) is 0 Å². The fourth-order valence-corrected chi connectivity index (χ4v) is 1.55. The molecule has 5 heteroatoms. The maximum absolute atomic E-state index is 11.9. The van der Waals surface area contributed by atoms with Crippen molar-refractivity contribution in [2.75, 3.05) is 6.54 Å². The fourth-order valence-electron chi connectivity index (χ4n) is 1.55. The lowest BCUT2D eigenvalue weighted by molar-refractivity contribution is 0.0909. The minimum atomic E-state index is -0.414. The topological polar surface area (TPSA) is 88.0 Å². The molecule has 0 saturated carbocycles. The molecule has 0 aliphatic carbocycles. The lowest BCUT2D eigenvalue weighted by Gasteiger charge is -2.25. The molecule has 0 atom stereocenters. The first kappa shape index (κ1) is 13.4. The van der Waals surface area contributed by atoms with E-state index in [9.17, 15) is 9.59 Å². The van der Waals surface area contributed by atoms with E-state index in [0.29, 0.717) is 13.0 Å². The second-order valence-corrected chi connectivity index (χ2v) is 4.77. The van der Waals surface area contributed by atoms with E-state index in [1.165, 1.54) is 12.3 Å². The number of hydrogen-bond donors (Lipinski definition) is 3. The summed E-state index contributed by atoms with van der Waals surface area (Å²) in [5, 5.41) is 2.79. The molecule has 0 fully saturated rings. The van der Waals surface area contributed by atoms with Crippen LogP contribution in [0.1, 0.15) is 36.3 Å². The molecule has 4 N–H and O–H groups in total. The highest BCUT2D eigenvalue weighted by Gasteiger charge is 2.21. The van der Waals surface area contributed by atoms with Gasteiger partial charge in [-0.25, -0.2) is 0 Å². The summed E-state index contributed by atoms with van der Waals surface area (Å²) < 4.78 is 0. The van der Waals surface area contributed by atoms with Crippen LogP contribution in [0.25, 0.3) is 0 Å². The molecule has 0 saturated heterocycles. The quantitative estimate of drug-likeness (QED) is 0.714. The van der Waals surface area contributed by atoms with Crippen LogP contribution >= 0.6 is 0 Å². The third-order valence-corrected chi connectivity index (χ3v) is 2.52. The number of carbonyl (C=O) groups is 1. The Bertz CT molecular complexity index is 463. The van der Waals surface area contributed by atoms with Crippen molar-refractivity contribution >= 4 is 5.91 Å². The number of hydrogen-bond acceptors (Lipinski definition) is 3. The normalized spacial score (nSPS) is 11.3. The number of nitrogens with one attached hydrogen (secondary N) is 2. The summed E-state index contributed by atoms with van der Waals surface area (Å²) in [6, 6.07) is 1.41. The number of amides is 1. The number of nitrogens with two attached hydrogens (primary N) is 1. The Morgan fingerprint density at radius 1 is 1.53 bits per heavy atom. The number of H-pyrrole nitrogens is 1. The van der Waals surface area contributed by atoms with Crippen molar-refractivity contribution in [3.05, 3.63) is 33.7 Å². The van der Waals surface area contributed by atoms with Crippen LogP contribution < -0.4 is 16.5 Å². The van der Waals surface area contributed by atoms with Crippen LogP contribution in [0.4, 0.5) is 0 Å². The first-order valence-electron chi connectivity index (χ1n) is 5.57. The van der Waals surface area contributed by atoms with Crippen molar-refractivity contribution in [3.8, 4) is 0 Å². The van der Waals surface area contributed by atoms with Gasteiger partial charge in [0.15, 0.2) is 5.43 Å². The molecule has 0 unspecified atom stereocenters. The predicted octanol–water partition coefficient (Wildman–Crippen LogP) is 0.541. The number of aromatic nitrogens is 1. The number of aromatic amines is 1. The van der Waals surface area contributed by atoms with E-state index < -0.39 is 5.54 Å². The molecule has 1 aromatic rings. The van der Waals surface area contributed by atoms with Crippen molar-refractivity contribution in [1.29, 1.82) is 0 Å². The van der Waals surface area contributed by atoms with Gasteiger partial charge in [0.2, 0.25) is 0 Å². The monoisotopic (exact) mass is 237 g/mol. The molecule has 0 aromatic carbocycles. The second-order valence-electron chi connectivity index (χ2n) is 4.77. The van der Waals surface area contributed by atoms with Gasteiger partial charge in [0.05, 0.1) is 0 Å². The van der Waals surface area contributed by atoms with E-state index in [2.05, 4.69) is 10.3 Å². The SMILES string of the molecule is Cc1cc(=O)c(C(=O)NC(C)(C)CCN)c[nH]1. The summed E-state index contributed by atoms with van der Waals surface area (Å²) in [5.74, 6) is -0.371. The molecule has 94 valence electrons. The van der Waals surface area contributed by atoms with Crippen LogP contribution in [-0.2, 0) is 0 Å². The van der Waals surface area contributed by atoms with E-state index in [0.717, 1.165) is 5.69 Å². The van der Waals surface area contributed by atoms with Crippen LogP contribution in [0.15, 0.2) is 17.1 Å². The fraction of sp³-hybridized carbons (Fsp3) is 0.500. The summed E-state index contributed by atoms with van der Waals surface area (Å²) in [5.41, 5.74) is 5.63. The zero-order valence-corrected chi connectivity index (χ0v) is 10.5. The molecule has 5 nitrogen and oxygen atoms in total. The van der Waals surface area contributed by atoms with Gasteiger partial charge in [-0.3, -0.25) is 9.59 Å². The van der Waals surface area contributed by atoms with Gasteiger partial charge in [0.25, 0.3) is 5.91 Å². The van der Waals surface area contributed by atoms with Crippen molar-refractivity contribution in [3.63, 3.8) is 0 Å². The van der Waals surface area contributed by atoms with Gasteiger partial charge >= 0.3 is 0 Å². The van der Waals surface area contributed by atoms with E-state index >= 15 is 0 Å². The van der Waals surface area contributed by atoms with Crippen molar-refractivity contribution in [2.24, 2.45) is 5.73 Å².